The summed E-state index contributed by atoms with van der Waals surface area (Å²) in [6.45, 7) is 8.45. The zero-order valence-electron chi connectivity index (χ0n) is 10.6. The van der Waals surface area contributed by atoms with E-state index in [0.29, 0.717) is 6.54 Å². The molecule has 0 unspecified atom stereocenters. The highest BCUT2D eigenvalue weighted by Crippen LogP contribution is 2.12. The molecule has 0 aliphatic carbocycles. The first-order valence-corrected chi connectivity index (χ1v) is 5.51. The van der Waals surface area contributed by atoms with Crippen LogP contribution in [0.2, 0.25) is 0 Å². The Morgan fingerprint density at radius 3 is 2.13 bits per heavy atom. The Balaban J connectivity index is 4.05. The molecule has 0 heterocycles. The number of rotatable bonds is 9. The first kappa shape index (κ1) is 14.8. The number of methoxy groups -OCH3 is 2. The largest absolute Gasteiger partial charge is 0.385 e. The van der Waals surface area contributed by atoms with Crippen molar-refractivity contribution < 1.29 is 9.47 Å². The summed E-state index contributed by atoms with van der Waals surface area (Å²) in [5.74, 6) is 0. The second-order valence-electron chi connectivity index (χ2n) is 4.34. The molecule has 0 spiro atoms. The second-order valence-corrected chi connectivity index (χ2v) is 4.34. The summed E-state index contributed by atoms with van der Waals surface area (Å²) in [4.78, 5) is 2.36. The topological polar surface area (TPSA) is 47.7 Å². The molecule has 0 rings (SSSR count). The van der Waals surface area contributed by atoms with E-state index in [-0.39, 0.29) is 5.54 Å². The highest BCUT2D eigenvalue weighted by atomic mass is 16.5. The third-order valence-electron chi connectivity index (χ3n) is 2.70. The van der Waals surface area contributed by atoms with Crippen molar-refractivity contribution in [1.29, 1.82) is 0 Å². The molecule has 0 atom stereocenters. The van der Waals surface area contributed by atoms with Crippen LogP contribution in [0.1, 0.15) is 20.3 Å². The maximum Gasteiger partial charge on any atom is 0.0589 e. The van der Waals surface area contributed by atoms with Crippen molar-refractivity contribution in [3.63, 3.8) is 0 Å². The molecule has 92 valence electrons. The average molecular weight is 218 g/mol. The van der Waals surface area contributed by atoms with Crippen LogP contribution in [0.5, 0.6) is 0 Å². The van der Waals surface area contributed by atoms with Gasteiger partial charge < -0.3 is 15.2 Å². The van der Waals surface area contributed by atoms with Crippen LogP contribution in [-0.2, 0) is 9.47 Å². The van der Waals surface area contributed by atoms with Gasteiger partial charge in [0.2, 0.25) is 0 Å². The summed E-state index contributed by atoms with van der Waals surface area (Å²) < 4.78 is 10.2. The fourth-order valence-electron chi connectivity index (χ4n) is 1.45. The highest BCUT2D eigenvalue weighted by molar-refractivity contribution is 4.82. The van der Waals surface area contributed by atoms with E-state index in [0.717, 1.165) is 32.7 Å². The van der Waals surface area contributed by atoms with Crippen LogP contribution >= 0.6 is 0 Å². The first-order chi connectivity index (χ1) is 7.08. The molecule has 0 saturated carbocycles. The predicted octanol–water partition coefficient (Wildman–Crippen LogP) is 0.709. The summed E-state index contributed by atoms with van der Waals surface area (Å²) in [7, 11) is 3.45. The molecule has 15 heavy (non-hydrogen) atoms. The van der Waals surface area contributed by atoms with Gasteiger partial charge in [-0.05, 0) is 20.3 Å². The molecule has 4 heteroatoms. The maximum absolute atomic E-state index is 5.77. The van der Waals surface area contributed by atoms with E-state index in [1.807, 2.05) is 0 Å². The van der Waals surface area contributed by atoms with Crippen LogP contribution in [0.25, 0.3) is 0 Å². The van der Waals surface area contributed by atoms with E-state index in [9.17, 15) is 0 Å². The number of nitrogens with zero attached hydrogens (tertiary/aromatic N) is 1. The molecular formula is C11H26N2O2. The lowest BCUT2D eigenvalue weighted by atomic mass is 10.0. The van der Waals surface area contributed by atoms with Gasteiger partial charge in [0.05, 0.1) is 6.61 Å². The van der Waals surface area contributed by atoms with Gasteiger partial charge in [0.15, 0.2) is 0 Å². The molecule has 4 nitrogen and oxygen atoms in total. The molecule has 0 bridgehead atoms. The minimum Gasteiger partial charge on any atom is -0.385 e. The van der Waals surface area contributed by atoms with Crippen molar-refractivity contribution in [3.8, 4) is 0 Å². The molecule has 0 aromatic carbocycles. The van der Waals surface area contributed by atoms with Gasteiger partial charge in [-0.25, -0.2) is 0 Å². The zero-order chi connectivity index (χ0) is 11.7. The fraction of sp³-hybridized carbons (Fsp3) is 1.00. The van der Waals surface area contributed by atoms with Gasteiger partial charge in [-0.1, -0.05) is 0 Å². The Morgan fingerprint density at radius 2 is 1.67 bits per heavy atom. The van der Waals surface area contributed by atoms with Gasteiger partial charge in [0.25, 0.3) is 0 Å². The van der Waals surface area contributed by atoms with Crippen LogP contribution in [-0.4, -0.2) is 57.5 Å². The number of ether oxygens (including phenoxy) is 2. The van der Waals surface area contributed by atoms with Crippen molar-refractivity contribution in [3.05, 3.63) is 0 Å². The fourth-order valence-corrected chi connectivity index (χ4v) is 1.45. The van der Waals surface area contributed by atoms with E-state index in [1.165, 1.54) is 0 Å². The molecule has 0 aromatic heterocycles. The van der Waals surface area contributed by atoms with Crippen molar-refractivity contribution in [2.45, 2.75) is 25.8 Å². The van der Waals surface area contributed by atoms with Crippen molar-refractivity contribution in [2.24, 2.45) is 5.73 Å². The monoisotopic (exact) mass is 218 g/mol. The Bertz CT molecular complexity index is 152. The smallest absolute Gasteiger partial charge is 0.0589 e. The van der Waals surface area contributed by atoms with Crippen molar-refractivity contribution in [2.75, 3.05) is 47.1 Å². The van der Waals surface area contributed by atoms with Crippen molar-refractivity contribution in [1.82, 2.24) is 4.90 Å². The molecule has 0 radical (unpaired) electrons. The SMILES string of the molecule is COCCCN(CCOC)C(C)(C)CN. The van der Waals surface area contributed by atoms with Gasteiger partial charge in [-0.3, -0.25) is 4.90 Å². The summed E-state index contributed by atoms with van der Waals surface area (Å²) >= 11 is 0. The van der Waals surface area contributed by atoms with Gasteiger partial charge in [0, 0.05) is 46.0 Å². The molecule has 2 N–H and O–H groups in total. The lowest BCUT2D eigenvalue weighted by Gasteiger charge is -2.37. The molecule has 0 aromatic rings. The minimum atomic E-state index is 0.0340. The van der Waals surface area contributed by atoms with Gasteiger partial charge >= 0.3 is 0 Å². The standard InChI is InChI=1S/C11H26N2O2/c1-11(2,10-12)13(7-9-15-4)6-5-8-14-3/h5-10,12H2,1-4H3. The lowest BCUT2D eigenvalue weighted by molar-refractivity contribution is 0.0714. The predicted molar refractivity (Wildman–Crippen MR) is 63.1 cm³/mol. The van der Waals surface area contributed by atoms with E-state index >= 15 is 0 Å². The number of hydrogen-bond donors (Lipinski definition) is 1. The third-order valence-corrected chi connectivity index (χ3v) is 2.70. The minimum absolute atomic E-state index is 0.0340. The van der Waals surface area contributed by atoms with Crippen LogP contribution < -0.4 is 5.73 Å². The Kier molecular flexibility index (Phi) is 7.96. The average Bonchev–Trinajstić information content (AvgIpc) is 2.23. The third kappa shape index (κ3) is 6.10. The molecule has 0 saturated heterocycles. The van der Waals surface area contributed by atoms with Gasteiger partial charge in [-0.15, -0.1) is 0 Å². The first-order valence-electron chi connectivity index (χ1n) is 5.51. The van der Waals surface area contributed by atoms with E-state index in [2.05, 4.69) is 18.7 Å². The lowest BCUT2D eigenvalue weighted by Crippen LogP contribution is -2.51. The number of nitrogens with two attached hydrogens (primary N) is 1. The maximum atomic E-state index is 5.77. The quantitative estimate of drug-likeness (QED) is 0.579. The summed E-state index contributed by atoms with van der Waals surface area (Å²) in [6.07, 6.45) is 1.03. The van der Waals surface area contributed by atoms with Crippen LogP contribution in [0.3, 0.4) is 0 Å². The molecular weight excluding hydrogens is 192 g/mol. The second kappa shape index (κ2) is 8.05. The molecule has 0 fully saturated rings. The highest BCUT2D eigenvalue weighted by Gasteiger charge is 2.24. The Labute approximate surface area is 93.7 Å². The Hall–Kier alpha value is -0.160. The van der Waals surface area contributed by atoms with Gasteiger partial charge in [0.1, 0.15) is 0 Å². The molecule has 0 amide bonds. The molecule has 0 aliphatic heterocycles. The normalized spacial score (nSPS) is 12.4. The van der Waals surface area contributed by atoms with Crippen molar-refractivity contribution >= 4 is 0 Å². The van der Waals surface area contributed by atoms with Crippen LogP contribution in [0.4, 0.5) is 0 Å². The summed E-state index contributed by atoms with van der Waals surface area (Å²) in [5.41, 5.74) is 5.80. The summed E-state index contributed by atoms with van der Waals surface area (Å²) in [6, 6.07) is 0. The van der Waals surface area contributed by atoms with E-state index in [1.54, 1.807) is 14.2 Å². The van der Waals surface area contributed by atoms with E-state index in [4.69, 9.17) is 15.2 Å². The Morgan fingerprint density at radius 1 is 1.07 bits per heavy atom. The van der Waals surface area contributed by atoms with Crippen LogP contribution in [0, 0.1) is 0 Å². The molecule has 0 aliphatic rings. The van der Waals surface area contributed by atoms with Crippen LogP contribution in [0.15, 0.2) is 0 Å². The summed E-state index contributed by atoms with van der Waals surface area (Å²) in [5, 5.41) is 0. The zero-order valence-corrected chi connectivity index (χ0v) is 10.6. The van der Waals surface area contributed by atoms with E-state index < -0.39 is 0 Å². The van der Waals surface area contributed by atoms with Gasteiger partial charge in [-0.2, -0.15) is 0 Å². The number of hydrogen-bond acceptors (Lipinski definition) is 4.